The molecule has 0 heterocycles. The second kappa shape index (κ2) is 6.81. The Morgan fingerprint density at radius 3 is 2.40 bits per heavy atom. The van der Waals surface area contributed by atoms with Gasteiger partial charge in [-0.15, -0.1) is 35.9 Å². The van der Waals surface area contributed by atoms with Crippen LogP contribution in [-0.4, -0.2) is 5.48 Å². The summed E-state index contributed by atoms with van der Waals surface area (Å²) >= 11 is 0. The topological polar surface area (TPSA) is 30.0 Å². The molecule has 0 unspecified atom stereocenters. The van der Waals surface area contributed by atoms with Crippen LogP contribution < -0.4 is 29.6 Å². The Bertz CT molecular complexity index is 398. The first-order valence-electron chi connectivity index (χ1n) is 4.40. The van der Waals surface area contributed by atoms with Crippen LogP contribution in [0.5, 0.6) is 0 Å². The summed E-state index contributed by atoms with van der Waals surface area (Å²) in [7, 11) is 0. The van der Waals surface area contributed by atoms with E-state index in [0.29, 0.717) is 0 Å². The first kappa shape index (κ1) is 14.4. The molecule has 0 aliphatic rings. The molecule has 72 valence electrons. The molecule has 0 aromatic heterocycles. The van der Waals surface area contributed by atoms with E-state index in [4.69, 9.17) is 0 Å². The Balaban J connectivity index is 0.000000980. The van der Waals surface area contributed by atoms with Crippen molar-refractivity contribution in [1.82, 2.24) is 0 Å². The third-order valence-electron chi connectivity index (χ3n) is 2.04. The molecule has 2 heteroatoms. The molecule has 0 atom stereocenters. The normalized spacial score (nSPS) is 8.60. The second-order valence-corrected chi connectivity index (χ2v) is 3.15. The van der Waals surface area contributed by atoms with Crippen LogP contribution in [0.4, 0.5) is 0 Å². The molecule has 0 radical (unpaired) electrons. The van der Waals surface area contributed by atoms with Gasteiger partial charge >= 0.3 is 29.6 Å². The van der Waals surface area contributed by atoms with Crippen LogP contribution in [0, 0.1) is 13.0 Å². The van der Waals surface area contributed by atoms with E-state index in [1.807, 2.05) is 18.2 Å². The Morgan fingerprint density at radius 2 is 1.80 bits per heavy atom. The first-order valence-corrected chi connectivity index (χ1v) is 4.40. The molecule has 2 aromatic rings. The maximum atomic E-state index is 3.21. The van der Waals surface area contributed by atoms with Crippen molar-refractivity contribution in [3.63, 3.8) is 0 Å². The van der Waals surface area contributed by atoms with E-state index in [0.717, 1.165) is 5.56 Å². The molecule has 2 aromatic carbocycles. The Kier molecular flexibility index (Phi) is 6.53. The average Bonchev–Trinajstić information content (AvgIpc) is 2.19. The van der Waals surface area contributed by atoms with Gasteiger partial charge in [0.1, 0.15) is 0 Å². The van der Waals surface area contributed by atoms with Crippen LogP contribution in [0.25, 0.3) is 11.1 Å². The van der Waals surface area contributed by atoms with E-state index in [1.54, 1.807) is 0 Å². The van der Waals surface area contributed by atoms with E-state index in [1.165, 1.54) is 11.1 Å². The summed E-state index contributed by atoms with van der Waals surface area (Å²) in [5, 5.41) is 0. The molecule has 0 aliphatic heterocycles. The van der Waals surface area contributed by atoms with Crippen LogP contribution >= 0.6 is 0 Å². The molecule has 0 fully saturated rings. The third-order valence-corrected chi connectivity index (χ3v) is 2.04. The van der Waals surface area contributed by atoms with Crippen LogP contribution in [0.1, 0.15) is 5.56 Å². The van der Waals surface area contributed by atoms with Crippen LogP contribution in [0.3, 0.4) is 0 Å². The zero-order valence-electron chi connectivity index (χ0n) is 9.07. The van der Waals surface area contributed by atoms with Crippen molar-refractivity contribution in [2.45, 2.75) is 6.92 Å². The van der Waals surface area contributed by atoms with E-state index in [-0.39, 0.29) is 35.0 Å². The predicted molar refractivity (Wildman–Crippen MR) is 57.4 cm³/mol. The molecule has 0 saturated heterocycles. The number of hydrogen-bond acceptors (Lipinski definition) is 1. The van der Waals surface area contributed by atoms with Crippen molar-refractivity contribution in [3.05, 3.63) is 60.2 Å². The summed E-state index contributed by atoms with van der Waals surface area (Å²) in [6.07, 6.45) is 0. The number of aryl methyl sites for hydroxylation is 1. The fourth-order valence-corrected chi connectivity index (χ4v) is 1.39. The molecule has 0 bridgehead atoms. The van der Waals surface area contributed by atoms with Crippen molar-refractivity contribution in [3.8, 4) is 11.1 Å². The number of hydrogen-bond donors (Lipinski definition) is 0. The van der Waals surface area contributed by atoms with Gasteiger partial charge in [0.2, 0.25) is 0 Å². The zero-order valence-corrected chi connectivity index (χ0v) is 11.1. The Labute approximate surface area is 113 Å². The largest absolute Gasteiger partial charge is 1.00 e. The van der Waals surface area contributed by atoms with Gasteiger partial charge in [0.25, 0.3) is 0 Å². The van der Waals surface area contributed by atoms with Gasteiger partial charge in [0.05, 0.1) is 0 Å². The summed E-state index contributed by atoms with van der Waals surface area (Å²) in [5.74, 6) is 0. The van der Waals surface area contributed by atoms with Crippen molar-refractivity contribution < 1.29 is 35.0 Å². The SMILES string of the molecule is Cc1cccc(-c2[c-]cccc2)c1.[Na+].[OH-]. The fraction of sp³-hybridized carbons (Fsp3) is 0.0769. The smallest absolute Gasteiger partial charge is 0.870 e. The quantitative estimate of drug-likeness (QED) is 0.488. The van der Waals surface area contributed by atoms with Crippen molar-refractivity contribution >= 4 is 0 Å². The van der Waals surface area contributed by atoms with Gasteiger partial charge in [-0.25, -0.2) is 0 Å². The van der Waals surface area contributed by atoms with Gasteiger partial charge in [-0.3, -0.25) is 0 Å². The minimum atomic E-state index is 0. The van der Waals surface area contributed by atoms with Crippen molar-refractivity contribution in [2.75, 3.05) is 0 Å². The molecule has 0 spiro atoms. The minimum absolute atomic E-state index is 0. The van der Waals surface area contributed by atoms with Gasteiger partial charge in [0, 0.05) is 0 Å². The monoisotopic (exact) mass is 207 g/mol. The molecule has 0 aliphatic carbocycles. The summed E-state index contributed by atoms with van der Waals surface area (Å²) in [5.41, 5.74) is 3.68. The summed E-state index contributed by atoms with van der Waals surface area (Å²) in [6, 6.07) is 19.7. The van der Waals surface area contributed by atoms with Gasteiger partial charge in [-0.1, -0.05) is 35.4 Å². The standard InChI is InChI=1S/C13H11.Na.H2O/c1-11-6-5-9-13(10-11)12-7-3-2-4-8-12;;/h2-7,9-10H,1H3;;1H2/q-1;+1;/p-1. The summed E-state index contributed by atoms with van der Waals surface area (Å²) in [6.45, 7) is 2.10. The van der Waals surface area contributed by atoms with E-state index >= 15 is 0 Å². The molecule has 1 nitrogen and oxygen atoms in total. The van der Waals surface area contributed by atoms with E-state index in [9.17, 15) is 0 Å². The summed E-state index contributed by atoms with van der Waals surface area (Å²) in [4.78, 5) is 0. The van der Waals surface area contributed by atoms with Gasteiger partial charge in [-0.2, -0.15) is 0 Å². The molecule has 1 N–H and O–H groups in total. The minimum Gasteiger partial charge on any atom is -0.870 e. The Hall–Kier alpha value is -0.600. The van der Waals surface area contributed by atoms with Crippen LogP contribution in [0.2, 0.25) is 0 Å². The predicted octanol–water partition coefficient (Wildman–Crippen LogP) is 0.289. The second-order valence-electron chi connectivity index (χ2n) is 3.15. The number of rotatable bonds is 1. The Morgan fingerprint density at radius 1 is 1.00 bits per heavy atom. The van der Waals surface area contributed by atoms with Gasteiger partial charge in [0.15, 0.2) is 0 Å². The summed E-state index contributed by atoms with van der Waals surface area (Å²) < 4.78 is 0. The zero-order chi connectivity index (χ0) is 9.10. The molecule has 15 heavy (non-hydrogen) atoms. The van der Waals surface area contributed by atoms with Crippen LogP contribution in [-0.2, 0) is 0 Å². The van der Waals surface area contributed by atoms with Crippen molar-refractivity contribution in [2.24, 2.45) is 0 Å². The van der Waals surface area contributed by atoms with Crippen molar-refractivity contribution in [1.29, 1.82) is 0 Å². The van der Waals surface area contributed by atoms with Gasteiger partial charge < -0.3 is 5.48 Å². The third kappa shape index (κ3) is 3.80. The molecular formula is C13H12NaO-. The van der Waals surface area contributed by atoms with Gasteiger partial charge in [-0.05, 0) is 6.92 Å². The molecule has 0 saturated carbocycles. The fourth-order valence-electron chi connectivity index (χ4n) is 1.39. The maximum Gasteiger partial charge on any atom is 1.00 e. The average molecular weight is 207 g/mol. The molecular weight excluding hydrogens is 195 g/mol. The van der Waals surface area contributed by atoms with E-state index < -0.39 is 0 Å². The van der Waals surface area contributed by atoms with E-state index in [2.05, 4.69) is 43.3 Å². The maximum absolute atomic E-state index is 3.21. The molecule has 2 rings (SSSR count). The van der Waals surface area contributed by atoms with Crippen LogP contribution in [0.15, 0.2) is 48.5 Å². The molecule has 0 amide bonds. The number of benzene rings is 2. The first-order chi connectivity index (χ1) is 6.36.